The lowest BCUT2D eigenvalue weighted by Gasteiger charge is -2.19. The van der Waals surface area contributed by atoms with Crippen molar-refractivity contribution in [3.8, 4) is 28.6 Å². The quantitative estimate of drug-likeness (QED) is 0.223. The third kappa shape index (κ3) is 6.53. The molecule has 2 N–H and O–H groups in total. The number of ether oxygens (including phenoxy) is 1. The Bertz CT molecular complexity index is 1700. The van der Waals surface area contributed by atoms with Crippen molar-refractivity contribution in [2.24, 2.45) is 7.05 Å². The molecule has 3 aromatic heterocycles. The Morgan fingerprint density at radius 1 is 1.14 bits per heavy atom. The van der Waals surface area contributed by atoms with E-state index < -0.39 is 17.6 Å². The van der Waals surface area contributed by atoms with E-state index in [9.17, 15) is 18.0 Å². The average Bonchev–Trinajstić information content (AvgIpc) is 3.59. The van der Waals surface area contributed by atoms with E-state index >= 15 is 0 Å². The van der Waals surface area contributed by atoms with Gasteiger partial charge in [0, 0.05) is 69.3 Å². The summed E-state index contributed by atoms with van der Waals surface area (Å²) in [6.07, 6.45) is 1.07. The van der Waals surface area contributed by atoms with Crippen molar-refractivity contribution in [3.63, 3.8) is 0 Å². The second-order valence-electron chi connectivity index (χ2n) is 10.2. The number of unbranched alkanes of at least 4 members (excludes halogenated alkanes) is 1. The van der Waals surface area contributed by atoms with Crippen molar-refractivity contribution >= 4 is 17.5 Å². The standard InChI is InChI=1S/C30H30F3N9O2/c1-41-18-38-40-28(41)21-5-8-35-16-23(21)20-13-26(37-7-4-3-6-34)39-27(14-20)42-17-24-22(29(42)43)11-19(15-36-9-10-44-2)12-25(24)30(31,32)33/h5,8,11-14,16,18,36H,3-4,7,9-10,15,17H2,1-2H3,(H,37,39). The largest absolute Gasteiger partial charge is 0.416 e. The second-order valence-corrected chi connectivity index (χ2v) is 10.2. The summed E-state index contributed by atoms with van der Waals surface area (Å²) < 4.78 is 49.5. The lowest BCUT2D eigenvalue weighted by Crippen LogP contribution is -2.24. The summed E-state index contributed by atoms with van der Waals surface area (Å²) in [6.45, 7) is 1.12. The maximum Gasteiger partial charge on any atom is 0.416 e. The Hall–Kier alpha value is -4.87. The van der Waals surface area contributed by atoms with Crippen LogP contribution in [0.15, 0.2) is 49.1 Å². The van der Waals surface area contributed by atoms with Crippen molar-refractivity contribution in [3.05, 3.63) is 71.3 Å². The van der Waals surface area contributed by atoms with Crippen LogP contribution in [-0.2, 0) is 31.1 Å². The number of carbonyl (C=O) groups is 1. The molecule has 0 atom stereocenters. The predicted molar refractivity (Wildman–Crippen MR) is 156 cm³/mol. The minimum Gasteiger partial charge on any atom is -0.383 e. The van der Waals surface area contributed by atoms with Crippen LogP contribution >= 0.6 is 0 Å². The first kappa shape index (κ1) is 30.6. The number of methoxy groups -OCH3 is 1. The summed E-state index contributed by atoms with van der Waals surface area (Å²) in [5, 5.41) is 23.3. The molecule has 11 nitrogen and oxygen atoms in total. The van der Waals surface area contributed by atoms with Gasteiger partial charge in [0.05, 0.1) is 24.8 Å². The van der Waals surface area contributed by atoms with Crippen LogP contribution in [0.3, 0.4) is 0 Å². The minimum absolute atomic E-state index is 0.0137. The maximum atomic E-state index is 14.2. The van der Waals surface area contributed by atoms with Gasteiger partial charge in [-0.3, -0.25) is 14.7 Å². The highest BCUT2D eigenvalue weighted by molar-refractivity contribution is 6.10. The van der Waals surface area contributed by atoms with Crippen LogP contribution in [0.25, 0.3) is 22.5 Å². The van der Waals surface area contributed by atoms with Gasteiger partial charge in [-0.15, -0.1) is 10.2 Å². The molecule has 14 heteroatoms. The number of fused-ring (bicyclic) bond motifs is 1. The monoisotopic (exact) mass is 605 g/mol. The van der Waals surface area contributed by atoms with E-state index in [0.29, 0.717) is 66.4 Å². The van der Waals surface area contributed by atoms with Crippen molar-refractivity contribution in [2.45, 2.75) is 32.1 Å². The molecule has 0 saturated heterocycles. The van der Waals surface area contributed by atoms with Gasteiger partial charge in [-0.1, -0.05) is 0 Å². The summed E-state index contributed by atoms with van der Waals surface area (Å²) in [5.41, 5.74) is 1.38. The SMILES string of the molecule is COCCNCc1cc2c(c(C(F)(F)F)c1)CN(c1cc(-c3cnccc3-c3nncn3C)cc(NCCCC#N)n1)C2=O. The highest BCUT2D eigenvalue weighted by Crippen LogP contribution is 2.40. The van der Waals surface area contributed by atoms with Gasteiger partial charge < -0.3 is 19.9 Å². The van der Waals surface area contributed by atoms with Crippen LogP contribution < -0.4 is 15.5 Å². The molecule has 1 aliphatic heterocycles. The van der Waals surface area contributed by atoms with Crippen LogP contribution in [-0.4, -0.2) is 57.4 Å². The summed E-state index contributed by atoms with van der Waals surface area (Å²) in [7, 11) is 3.34. The number of aryl methyl sites for hydroxylation is 1. The molecule has 1 amide bonds. The van der Waals surface area contributed by atoms with Crippen LogP contribution in [0, 0.1) is 11.3 Å². The number of nitriles is 1. The molecule has 1 aliphatic rings. The van der Waals surface area contributed by atoms with Crippen molar-refractivity contribution < 1.29 is 22.7 Å². The molecule has 44 heavy (non-hydrogen) atoms. The van der Waals surface area contributed by atoms with E-state index in [1.54, 1.807) is 48.5 Å². The zero-order valence-corrected chi connectivity index (χ0v) is 24.1. The fourth-order valence-electron chi connectivity index (χ4n) is 5.05. The van der Waals surface area contributed by atoms with Gasteiger partial charge in [0.2, 0.25) is 0 Å². The number of aromatic nitrogens is 5. The van der Waals surface area contributed by atoms with Gasteiger partial charge in [0.25, 0.3) is 5.91 Å². The van der Waals surface area contributed by atoms with E-state index in [1.807, 2.05) is 0 Å². The zero-order chi connectivity index (χ0) is 31.3. The fourth-order valence-corrected chi connectivity index (χ4v) is 5.05. The summed E-state index contributed by atoms with van der Waals surface area (Å²) in [6, 6.07) is 9.89. The Morgan fingerprint density at radius 3 is 2.70 bits per heavy atom. The van der Waals surface area contributed by atoms with Crippen LogP contribution in [0.1, 0.15) is 39.9 Å². The Kier molecular flexibility index (Phi) is 9.17. The molecule has 0 unspecified atom stereocenters. The zero-order valence-electron chi connectivity index (χ0n) is 24.1. The molecular formula is C30H30F3N9O2. The third-order valence-corrected chi connectivity index (χ3v) is 7.16. The molecule has 4 aromatic rings. The number of amides is 1. The van der Waals surface area contributed by atoms with E-state index in [2.05, 4.69) is 36.9 Å². The predicted octanol–water partition coefficient (Wildman–Crippen LogP) is 4.57. The Labute approximate surface area is 251 Å². The number of pyridine rings is 2. The average molecular weight is 606 g/mol. The molecule has 0 saturated carbocycles. The Balaban J connectivity index is 1.56. The van der Waals surface area contributed by atoms with E-state index in [4.69, 9.17) is 10.00 Å². The topological polar surface area (TPSA) is 134 Å². The summed E-state index contributed by atoms with van der Waals surface area (Å²) in [5.74, 6) is 0.567. The van der Waals surface area contributed by atoms with E-state index in [1.165, 1.54) is 18.1 Å². The van der Waals surface area contributed by atoms with Crippen molar-refractivity contribution in [1.29, 1.82) is 5.26 Å². The Morgan fingerprint density at radius 2 is 1.98 bits per heavy atom. The lowest BCUT2D eigenvalue weighted by molar-refractivity contribution is -0.138. The van der Waals surface area contributed by atoms with E-state index in [0.717, 1.165) is 6.07 Å². The van der Waals surface area contributed by atoms with Crippen LogP contribution in [0.2, 0.25) is 0 Å². The van der Waals surface area contributed by atoms with Gasteiger partial charge in [0.1, 0.15) is 18.0 Å². The highest BCUT2D eigenvalue weighted by Gasteiger charge is 2.41. The number of halogens is 3. The van der Waals surface area contributed by atoms with Gasteiger partial charge in [-0.25, -0.2) is 4.98 Å². The number of alkyl halides is 3. The molecule has 0 fully saturated rings. The number of hydrogen-bond acceptors (Lipinski definition) is 9. The number of nitrogens with one attached hydrogen (secondary N) is 2. The summed E-state index contributed by atoms with van der Waals surface area (Å²) in [4.78, 5) is 23.9. The first-order valence-electron chi connectivity index (χ1n) is 13.9. The minimum atomic E-state index is -4.66. The fraction of sp³-hybridized carbons (Fsp3) is 0.333. The molecule has 4 heterocycles. The molecular weight excluding hydrogens is 575 g/mol. The number of benzene rings is 1. The first-order valence-corrected chi connectivity index (χ1v) is 13.9. The number of carbonyl (C=O) groups excluding carboxylic acids is 1. The first-order chi connectivity index (χ1) is 21.2. The highest BCUT2D eigenvalue weighted by atomic mass is 19.4. The molecule has 0 spiro atoms. The van der Waals surface area contributed by atoms with Crippen LogP contribution in [0.4, 0.5) is 24.8 Å². The number of hydrogen-bond donors (Lipinski definition) is 2. The molecule has 0 radical (unpaired) electrons. The normalized spacial score (nSPS) is 12.8. The molecule has 0 aliphatic carbocycles. The van der Waals surface area contributed by atoms with E-state index in [-0.39, 0.29) is 30.0 Å². The van der Waals surface area contributed by atoms with Crippen molar-refractivity contribution in [1.82, 2.24) is 30.0 Å². The number of anilines is 2. The molecule has 5 rings (SSSR count). The van der Waals surface area contributed by atoms with Gasteiger partial charge in [0.15, 0.2) is 5.82 Å². The lowest BCUT2D eigenvalue weighted by atomic mass is 9.99. The molecule has 0 bridgehead atoms. The smallest absolute Gasteiger partial charge is 0.383 e. The van der Waals surface area contributed by atoms with Crippen molar-refractivity contribution in [2.75, 3.05) is 37.0 Å². The van der Waals surface area contributed by atoms with Gasteiger partial charge in [-0.2, -0.15) is 18.4 Å². The molecule has 1 aromatic carbocycles. The summed E-state index contributed by atoms with van der Waals surface area (Å²) >= 11 is 0. The third-order valence-electron chi connectivity index (χ3n) is 7.16. The van der Waals surface area contributed by atoms with Crippen LogP contribution in [0.5, 0.6) is 0 Å². The number of rotatable bonds is 12. The second kappa shape index (κ2) is 13.2. The maximum absolute atomic E-state index is 14.2. The van der Waals surface area contributed by atoms with Gasteiger partial charge in [-0.05, 0) is 53.4 Å². The number of nitrogens with zero attached hydrogens (tertiary/aromatic N) is 7. The molecule has 228 valence electrons. The van der Waals surface area contributed by atoms with Gasteiger partial charge >= 0.3 is 6.18 Å².